The lowest BCUT2D eigenvalue weighted by Gasteiger charge is -2.04. The molecule has 0 bridgehead atoms. The summed E-state index contributed by atoms with van der Waals surface area (Å²) in [5, 5.41) is 0. The quantitative estimate of drug-likeness (QED) is 0.235. The molecule has 0 saturated heterocycles. The van der Waals surface area contributed by atoms with Crippen LogP contribution in [0, 0.1) is 0 Å². The van der Waals surface area contributed by atoms with Crippen molar-refractivity contribution in [3.8, 4) is 11.1 Å². The molecule has 0 spiro atoms. The Morgan fingerprint density at radius 1 is 0.400 bits per heavy atom. The van der Waals surface area contributed by atoms with Crippen molar-refractivity contribution in [1.82, 2.24) is 0 Å². The van der Waals surface area contributed by atoms with E-state index in [4.69, 9.17) is 0 Å². The number of benzene rings is 4. The lowest BCUT2D eigenvalue weighted by Crippen LogP contribution is -1.80. The molecule has 146 valence electrons. The molecule has 30 heavy (non-hydrogen) atoms. The monoisotopic (exact) mass is 422 g/mol. The molecule has 0 amide bonds. The summed E-state index contributed by atoms with van der Waals surface area (Å²) in [5.74, 6) is 0. The Bertz CT molecular complexity index is 1090. The van der Waals surface area contributed by atoms with E-state index in [1.807, 2.05) is 36.4 Å². The van der Waals surface area contributed by atoms with Crippen LogP contribution >= 0.6 is 25.3 Å². The Kier molecular flexibility index (Phi) is 6.58. The van der Waals surface area contributed by atoms with E-state index >= 15 is 0 Å². The minimum atomic E-state index is 0.984. The predicted molar refractivity (Wildman–Crippen MR) is 137 cm³/mol. The first kappa shape index (κ1) is 20.3. The van der Waals surface area contributed by atoms with Crippen LogP contribution in [-0.2, 0) is 0 Å². The lowest BCUT2D eigenvalue weighted by atomic mass is 10.0. The highest BCUT2D eigenvalue weighted by atomic mass is 32.1. The molecule has 0 saturated carbocycles. The summed E-state index contributed by atoms with van der Waals surface area (Å²) in [5.41, 5.74) is 6.99. The molecular formula is C28H22S2. The molecule has 4 aromatic rings. The zero-order valence-corrected chi connectivity index (χ0v) is 18.2. The van der Waals surface area contributed by atoms with Crippen LogP contribution in [0.5, 0.6) is 0 Å². The molecule has 0 aliphatic rings. The van der Waals surface area contributed by atoms with Gasteiger partial charge in [-0.15, -0.1) is 25.3 Å². The van der Waals surface area contributed by atoms with E-state index in [1.54, 1.807) is 0 Å². The van der Waals surface area contributed by atoms with Crippen molar-refractivity contribution in [2.24, 2.45) is 0 Å². The van der Waals surface area contributed by atoms with Gasteiger partial charge in [-0.2, -0.15) is 0 Å². The summed E-state index contributed by atoms with van der Waals surface area (Å²) in [6, 6.07) is 33.4. The molecule has 0 N–H and O–H groups in total. The predicted octanol–water partition coefficient (Wildman–Crippen LogP) is 8.27. The molecule has 4 aromatic carbocycles. The maximum atomic E-state index is 4.50. The van der Waals surface area contributed by atoms with Crippen molar-refractivity contribution in [2.45, 2.75) is 9.79 Å². The van der Waals surface area contributed by atoms with Crippen molar-refractivity contribution in [2.75, 3.05) is 0 Å². The first-order chi connectivity index (χ1) is 14.7. The third-order valence-corrected chi connectivity index (χ3v) is 5.75. The molecule has 0 atom stereocenters. The fourth-order valence-electron chi connectivity index (χ4n) is 3.20. The molecule has 0 heterocycles. The molecule has 0 radical (unpaired) electrons. The van der Waals surface area contributed by atoms with E-state index in [0.717, 1.165) is 20.9 Å². The van der Waals surface area contributed by atoms with Gasteiger partial charge in [-0.05, 0) is 45.5 Å². The highest BCUT2D eigenvalue weighted by Gasteiger charge is 1.99. The van der Waals surface area contributed by atoms with E-state index in [9.17, 15) is 0 Å². The second kappa shape index (κ2) is 9.71. The highest BCUT2D eigenvalue weighted by molar-refractivity contribution is 7.80. The van der Waals surface area contributed by atoms with Crippen molar-refractivity contribution in [1.29, 1.82) is 0 Å². The summed E-state index contributed by atoms with van der Waals surface area (Å²) in [4.78, 5) is 1.97. The highest BCUT2D eigenvalue weighted by Crippen LogP contribution is 2.23. The van der Waals surface area contributed by atoms with Gasteiger partial charge in [0.15, 0.2) is 0 Å². The summed E-state index contributed by atoms with van der Waals surface area (Å²) >= 11 is 8.99. The van der Waals surface area contributed by atoms with Crippen LogP contribution in [0.1, 0.15) is 22.3 Å². The van der Waals surface area contributed by atoms with Crippen LogP contribution in [-0.4, -0.2) is 0 Å². The van der Waals surface area contributed by atoms with E-state index < -0.39 is 0 Å². The second-order valence-corrected chi connectivity index (χ2v) is 7.99. The molecular weight excluding hydrogens is 400 g/mol. The minimum Gasteiger partial charge on any atom is -0.143 e. The Morgan fingerprint density at radius 2 is 0.767 bits per heavy atom. The van der Waals surface area contributed by atoms with Crippen LogP contribution in [0.25, 0.3) is 35.4 Å². The van der Waals surface area contributed by atoms with Gasteiger partial charge in [0.25, 0.3) is 0 Å². The number of hydrogen-bond acceptors (Lipinski definition) is 2. The second-order valence-electron chi connectivity index (χ2n) is 7.03. The van der Waals surface area contributed by atoms with E-state index in [0.29, 0.717) is 0 Å². The van der Waals surface area contributed by atoms with Crippen molar-refractivity contribution >= 4 is 49.6 Å². The Balaban J connectivity index is 1.46. The molecule has 4 rings (SSSR count). The summed E-state index contributed by atoms with van der Waals surface area (Å²) in [7, 11) is 0. The SMILES string of the molecule is Sc1ccccc1C=Cc1ccc(-c2ccc(C=Cc3ccccc3S)cc2)cc1. The summed E-state index contributed by atoms with van der Waals surface area (Å²) in [6.45, 7) is 0. The Morgan fingerprint density at radius 3 is 1.13 bits per heavy atom. The van der Waals surface area contributed by atoms with Crippen molar-refractivity contribution in [3.05, 3.63) is 119 Å². The average Bonchev–Trinajstić information content (AvgIpc) is 2.79. The molecule has 0 aromatic heterocycles. The van der Waals surface area contributed by atoms with Crippen LogP contribution in [0.3, 0.4) is 0 Å². The third kappa shape index (κ3) is 5.15. The van der Waals surface area contributed by atoms with E-state index in [2.05, 4.69) is 110 Å². The smallest absolute Gasteiger partial charge is 0.0113 e. The van der Waals surface area contributed by atoms with Crippen molar-refractivity contribution < 1.29 is 0 Å². The van der Waals surface area contributed by atoms with Gasteiger partial charge in [0, 0.05) is 9.79 Å². The maximum absolute atomic E-state index is 4.50. The number of hydrogen-bond donors (Lipinski definition) is 2. The van der Waals surface area contributed by atoms with Gasteiger partial charge in [0.05, 0.1) is 0 Å². The largest absolute Gasteiger partial charge is 0.143 e. The van der Waals surface area contributed by atoms with Crippen LogP contribution in [0.15, 0.2) is 107 Å². The third-order valence-electron chi connectivity index (χ3n) is 4.94. The van der Waals surface area contributed by atoms with Crippen LogP contribution < -0.4 is 0 Å². The fraction of sp³-hybridized carbons (Fsp3) is 0. The summed E-state index contributed by atoms with van der Waals surface area (Å²) < 4.78 is 0. The van der Waals surface area contributed by atoms with E-state index in [-0.39, 0.29) is 0 Å². The van der Waals surface area contributed by atoms with Gasteiger partial charge >= 0.3 is 0 Å². The Labute approximate surface area is 189 Å². The Hall–Kier alpha value is -2.94. The molecule has 0 nitrogen and oxygen atoms in total. The molecule has 0 aliphatic carbocycles. The maximum Gasteiger partial charge on any atom is 0.0113 e. The molecule has 0 aliphatic heterocycles. The minimum absolute atomic E-state index is 0.984. The van der Waals surface area contributed by atoms with Gasteiger partial charge in [-0.25, -0.2) is 0 Å². The van der Waals surface area contributed by atoms with Gasteiger partial charge in [-0.1, -0.05) is 109 Å². The first-order valence-electron chi connectivity index (χ1n) is 9.82. The van der Waals surface area contributed by atoms with E-state index in [1.165, 1.54) is 22.3 Å². The van der Waals surface area contributed by atoms with Gasteiger partial charge in [-0.3, -0.25) is 0 Å². The number of thiol groups is 2. The first-order valence-corrected chi connectivity index (χ1v) is 10.7. The molecule has 0 unspecified atom stereocenters. The number of rotatable bonds is 5. The fourth-order valence-corrected chi connectivity index (χ4v) is 3.67. The molecule has 0 fully saturated rings. The summed E-state index contributed by atoms with van der Waals surface area (Å²) in [6.07, 6.45) is 8.43. The van der Waals surface area contributed by atoms with Crippen molar-refractivity contribution in [3.63, 3.8) is 0 Å². The zero-order valence-electron chi connectivity index (χ0n) is 16.4. The topological polar surface area (TPSA) is 0 Å². The van der Waals surface area contributed by atoms with Crippen LogP contribution in [0.2, 0.25) is 0 Å². The lowest BCUT2D eigenvalue weighted by molar-refractivity contribution is 1.44. The normalized spacial score (nSPS) is 11.4. The van der Waals surface area contributed by atoms with Gasteiger partial charge < -0.3 is 0 Å². The van der Waals surface area contributed by atoms with Gasteiger partial charge in [0.2, 0.25) is 0 Å². The standard InChI is InChI=1S/C28H22S2/c29-27-7-3-1-5-25(27)19-13-21-9-15-23(16-10-21)24-17-11-22(12-18-24)14-20-26-6-2-4-8-28(26)30/h1-20,29-30H. The zero-order chi connectivity index (χ0) is 20.8. The molecule has 2 heteroatoms. The average molecular weight is 423 g/mol. The van der Waals surface area contributed by atoms with Crippen LogP contribution in [0.4, 0.5) is 0 Å². The van der Waals surface area contributed by atoms with Gasteiger partial charge in [0.1, 0.15) is 0 Å².